The largest absolute Gasteiger partial charge is 0.372 e. The topological polar surface area (TPSA) is 102 Å². The normalized spacial score (nSPS) is 12.9. The number of rotatable bonds is 4. The van der Waals surface area contributed by atoms with Crippen molar-refractivity contribution in [3.8, 4) is 0 Å². The molecule has 1 aliphatic rings. The third-order valence-electron chi connectivity index (χ3n) is 3.40. The fourth-order valence-corrected chi connectivity index (χ4v) is 2.30. The monoisotopic (exact) mass is 287 g/mol. The Morgan fingerprint density at radius 3 is 3.00 bits per heavy atom. The molecule has 1 amide bonds. The summed E-state index contributed by atoms with van der Waals surface area (Å²) in [7, 11) is 1.85. The van der Waals surface area contributed by atoms with E-state index in [0.717, 1.165) is 5.82 Å². The average Bonchev–Trinajstić information content (AvgIpc) is 2.99. The Bertz CT molecular complexity index is 737. The summed E-state index contributed by atoms with van der Waals surface area (Å²) in [6, 6.07) is 3.04. The molecule has 0 spiro atoms. The molecular weight excluding hydrogens is 274 g/mol. The van der Waals surface area contributed by atoms with Gasteiger partial charge in [0.05, 0.1) is 17.9 Å². The van der Waals surface area contributed by atoms with Crippen LogP contribution in [-0.4, -0.2) is 20.4 Å². The number of nitrogens with one attached hydrogen (secondary N) is 2. The molecule has 0 saturated heterocycles. The van der Waals surface area contributed by atoms with Gasteiger partial charge < -0.3 is 15.2 Å². The van der Waals surface area contributed by atoms with Crippen molar-refractivity contribution in [2.75, 3.05) is 10.6 Å². The number of aromatic nitrogens is 2. The number of hydrogen-bond acceptors (Lipinski definition) is 5. The Hall–Kier alpha value is -2.90. The molecule has 2 N–H and O–H groups in total. The lowest BCUT2D eigenvalue weighted by Gasteiger charge is -2.09. The van der Waals surface area contributed by atoms with Gasteiger partial charge in [-0.1, -0.05) is 0 Å². The van der Waals surface area contributed by atoms with Crippen molar-refractivity contribution >= 4 is 23.0 Å². The van der Waals surface area contributed by atoms with Crippen LogP contribution in [0.15, 0.2) is 24.5 Å². The van der Waals surface area contributed by atoms with Crippen molar-refractivity contribution in [1.82, 2.24) is 9.55 Å². The number of carbonyl (C=O) groups excluding carboxylic acids is 1. The Morgan fingerprint density at radius 1 is 1.52 bits per heavy atom. The number of amides is 1. The highest BCUT2D eigenvalue weighted by atomic mass is 16.6. The van der Waals surface area contributed by atoms with Crippen LogP contribution in [0.2, 0.25) is 0 Å². The Kier molecular flexibility index (Phi) is 3.05. The van der Waals surface area contributed by atoms with E-state index in [1.807, 2.05) is 11.6 Å². The van der Waals surface area contributed by atoms with Crippen molar-refractivity contribution < 1.29 is 9.72 Å². The molecule has 8 nitrogen and oxygen atoms in total. The lowest BCUT2D eigenvalue weighted by Crippen LogP contribution is -2.07. The number of nitrogens with zero attached hydrogens (tertiary/aromatic N) is 3. The number of carbonyl (C=O) groups is 1. The number of anilines is 2. The van der Waals surface area contributed by atoms with E-state index < -0.39 is 4.92 Å². The van der Waals surface area contributed by atoms with E-state index in [2.05, 4.69) is 15.6 Å². The minimum atomic E-state index is -0.455. The molecule has 8 heteroatoms. The van der Waals surface area contributed by atoms with Crippen LogP contribution in [0.25, 0.3) is 0 Å². The second kappa shape index (κ2) is 4.89. The predicted molar refractivity (Wildman–Crippen MR) is 76.0 cm³/mol. The van der Waals surface area contributed by atoms with Crippen molar-refractivity contribution in [3.63, 3.8) is 0 Å². The van der Waals surface area contributed by atoms with E-state index in [4.69, 9.17) is 0 Å². The van der Waals surface area contributed by atoms with Crippen molar-refractivity contribution in [2.45, 2.75) is 13.0 Å². The van der Waals surface area contributed by atoms with E-state index in [0.29, 0.717) is 23.5 Å². The van der Waals surface area contributed by atoms with Crippen LogP contribution in [0.3, 0.4) is 0 Å². The molecule has 108 valence electrons. The summed E-state index contributed by atoms with van der Waals surface area (Å²) in [6.45, 7) is 0.358. The lowest BCUT2D eigenvalue weighted by molar-refractivity contribution is -0.384. The van der Waals surface area contributed by atoms with E-state index in [-0.39, 0.29) is 18.0 Å². The maximum atomic E-state index is 11.4. The standard InChI is InChI=1S/C13H13N5O3/c1-17-3-2-14-12(17)7-15-10-6-9-8(5-13(19)16-9)4-11(10)18(20)21/h2-4,6,15H,5,7H2,1H3,(H,16,19). The van der Waals surface area contributed by atoms with Gasteiger partial charge in [0.25, 0.3) is 5.69 Å². The summed E-state index contributed by atoms with van der Waals surface area (Å²) >= 11 is 0. The van der Waals surface area contributed by atoms with Gasteiger partial charge in [-0.05, 0) is 11.6 Å². The van der Waals surface area contributed by atoms with E-state index >= 15 is 0 Å². The van der Waals surface area contributed by atoms with Crippen LogP contribution in [0.4, 0.5) is 17.1 Å². The molecule has 21 heavy (non-hydrogen) atoms. The highest BCUT2D eigenvalue weighted by Crippen LogP contribution is 2.34. The number of fused-ring (bicyclic) bond motifs is 1. The van der Waals surface area contributed by atoms with E-state index in [9.17, 15) is 14.9 Å². The first-order valence-corrected chi connectivity index (χ1v) is 6.36. The fraction of sp³-hybridized carbons (Fsp3) is 0.231. The lowest BCUT2D eigenvalue weighted by atomic mass is 10.1. The summed E-state index contributed by atoms with van der Waals surface area (Å²) in [5.41, 5.74) is 1.59. The zero-order chi connectivity index (χ0) is 15.0. The molecule has 0 atom stereocenters. The van der Waals surface area contributed by atoms with Crippen LogP contribution >= 0.6 is 0 Å². The molecule has 0 fully saturated rings. The molecule has 0 aliphatic carbocycles. The molecule has 2 aromatic rings. The Balaban J connectivity index is 1.90. The quantitative estimate of drug-likeness (QED) is 0.654. The smallest absolute Gasteiger partial charge is 0.292 e. The van der Waals surface area contributed by atoms with Crippen LogP contribution in [0.1, 0.15) is 11.4 Å². The maximum Gasteiger partial charge on any atom is 0.292 e. The maximum absolute atomic E-state index is 11.4. The number of aryl methyl sites for hydroxylation is 1. The summed E-state index contributed by atoms with van der Waals surface area (Å²) in [4.78, 5) is 26.2. The summed E-state index contributed by atoms with van der Waals surface area (Å²) in [6.07, 6.45) is 3.64. The minimum absolute atomic E-state index is 0.0422. The zero-order valence-corrected chi connectivity index (χ0v) is 11.3. The molecule has 0 saturated carbocycles. The zero-order valence-electron chi connectivity index (χ0n) is 11.3. The SMILES string of the molecule is Cn1ccnc1CNc1cc2c(cc1[N+](=O)[O-])CC(=O)N2. The summed E-state index contributed by atoms with van der Waals surface area (Å²) < 4.78 is 1.83. The van der Waals surface area contributed by atoms with Gasteiger partial charge in [-0.15, -0.1) is 0 Å². The van der Waals surface area contributed by atoms with Gasteiger partial charge in [0.1, 0.15) is 11.5 Å². The second-order valence-corrected chi connectivity index (χ2v) is 4.82. The first-order valence-electron chi connectivity index (χ1n) is 6.36. The summed E-state index contributed by atoms with van der Waals surface area (Å²) in [5.74, 6) is 0.606. The van der Waals surface area contributed by atoms with Crippen LogP contribution in [0.5, 0.6) is 0 Å². The molecule has 3 rings (SSSR count). The number of benzene rings is 1. The van der Waals surface area contributed by atoms with Gasteiger partial charge >= 0.3 is 0 Å². The van der Waals surface area contributed by atoms with Gasteiger partial charge in [-0.25, -0.2) is 4.98 Å². The van der Waals surface area contributed by atoms with Crippen LogP contribution in [0, 0.1) is 10.1 Å². The summed E-state index contributed by atoms with van der Waals surface area (Å²) in [5, 5.41) is 16.9. The minimum Gasteiger partial charge on any atom is -0.372 e. The van der Waals surface area contributed by atoms with Crippen molar-refractivity contribution in [1.29, 1.82) is 0 Å². The van der Waals surface area contributed by atoms with E-state index in [1.165, 1.54) is 6.07 Å². The van der Waals surface area contributed by atoms with Gasteiger partial charge in [0.2, 0.25) is 5.91 Å². The molecule has 1 aliphatic heterocycles. The van der Waals surface area contributed by atoms with Gasteiger partial charge in [0, 0.05) is 31.2 Å². The van der Waals surface area contributed by atoms with Crippen LogP contribution in [-0.2, 0) is 24.8 Å². The second-order valence-electron chi connectivity index (χ2n) is 4.82. The molecule has 0 bridgehead atoms. The molecule has 0 unspecified atom stereocenters. The third kappa shape index (κ3) is 2.42. The third-order valence-corrected chi connectivity index (χ3v) is 3.40. The first-order chi connectivity index (χ1) is 10.0. The molecule has 0 radical (unpaired) electrons. The predicted octanol–water partition coefficient (Wildman–Crippen LogP) is 1.43. The fourth-order valence-electron chi connectivity index (χ4n) is 2.30. The van der Waals surface area contributed by atoms with Gasteiger partial charge in [-0.2, -0.15) is 0 Å². The number of imidazole rings is 1. The highest BCUT2D eigenvalue weighted by molar-refractivity contribution is 6.00. The average molecular weight is 287 g/mol. The molecule has 2 heterocycles. The van der Waals surface area contributed by atoms with Crippen molar-refractivity contribution in [3.05, 3.63) is 46.0 Å². The number of nitro groups is 1. The molecular formula is C13H13N5O3. The van der Waals surface area contributed by atoms with Crippen LogP contribution < -0.4 is 10.6 Å². The Morgan fingerprint density at radius 2 is 2.33 bits per heavy atom. The van der Waals surface area contributed by atoms with E-state index in [1.54, 1.807) is 18.5 Å². The van der Waals surface area contributed by atoms with Gasteiger partial charge in [-0.3, -0.25) is 14.9 Å². The Labute approximate surface area is 119 Å². The first kappa shape index (κ1) is 13.1. The number of hydrogen-bond donors (Lipinski definition) is 2. The highest BCUT2D eigenvalue weighted by Gasteiger charge is 2.24. The number of nitro benzene ring substituents is 1. The van der Waals surface area contributed by atoms with Crippen molar-refractivity contribution in [2.24, 2.45) is 7.05 Å². The molecule has 1 aromatic carbocycles. The van der Waals surface area contributed by atoms with Gasteiger partial charge in [0.15, 0.2) is 0 Å². The molecule has 1 aromatic heterocycles.